The molecule has 7 nitrogen and oxygen atoms in total. The molecular formula is C25H25BrClN5O2. The van der Waals surface area contributed by atoms with Crippen LogP contribution in [0.25, 0.3) is 5.65 Å². The fourth-order valence-electron chi connectivity index (χ4n) is 3.95. The highest BCUT2D eigenvalue weighted by Crippen LogP contribution is 2.25. The van der Waals surface area contributed by atoms with E-state index in [1.54, 1.807) is 45.2 Å². The van der Waals surface area contributed by atoms with E-state index in [4.69, 9.17) is 11.6 Å². The molecule has 0 aliphatic rings. The van der Waals surface area contributed by atoms with Crippen molar-refractivity contribution in [3.8, 4) is 0 Å². The van der Waals surface area contributed by atoms with Crippen molar-refractivity contribution in [2.24, 2.45) is 7.05 Å². The zero-order valence-electron chi connectivity index (χ0n) is 18.9. The number of aryl methyl sites for hydroxylation is 1. The number of amides is 2. The highest BCUT2D eigenvalue weighted by atomic mass is 79.9. The highest BCUT2D eigenvalue weighted by molar-refractivity contribution is 9.10. The van der Waals surface area contributed by atoms with E-state index in [-0.39, 0.29) is 17.9 Å². The van der Waals surface area contributed by atoms with Crippen molar-refractivity contribution in [1.29, 1.82) is 0 Å². The number of benzene rings is 1. The first kappa shape index (κ1) is 24.0. The van der Waals surface area contributed by atoms with Gasteiger partial charge in [0.1, 0.15) is 21.1 Å². The second-order valence-electron chi connectivity index (χ2n) is 8.10. The standard InChI is InChI=1S/C25H25BrClN5O2/c1-30-15-7-10-19(30)24(33)28-14-13-18(16-17-8-4-3-5-9-17)31(2)25(34)22-23(26)32-20(27)11-6-12-21(32)29-22/h3-12,15,18H,13-14,16H2,1-2H3,(H,28,33)/t18-/m1/s1. The fraction of sp³-hybridized carbons (Fsp3) is 0.240. The lowest BCUT2D eigenvalue weighted by Gasteiger charge is -2.28. The molecule has 0 spiro atoms. The van der Waals surface area contributed by atoms with Crippen LogP contribution in [0.3, 0.4) is 0 Å². The molecule has 1 N–H and O–H groups in total. The lowest BCUT2D eigenvalue weighted by atomic mass is 10.0. The lowest BCUT2D eigenvalue weighted by Crippen LogP contribution is -2.41. The largest absolute Gasteiger partial charge is 0.351 e. The van der Waals surface area contributed by atoms with Crippen LogP contribution in [-0.4, -0.2) is 50.3 Å². The van der Waals surface area contributed by atoms with E-state index in [2.05, 4.69) is 26.2 Å². The third-order valence-corrected chi connectivity index (χ3v) is 6.89. The Hall–Kier alpha value is -3.10. The molecule has 0 bridgehead atoms. The van der Waals surface area contributed by atoms with Gasteiger partial charge in [0.05, 0.1) is 0 Å². The third-order valence-electron chi connectivity index (χ3n) is 5.86. The number of nitrogens with zero attached hydrogens (tertiary/aromatic N) is 4. The first-order chi connectivity index (χ1) is 16.4. The van der Waals surface area contributed by atoms with E-state index in [9.17, 15) is 9.59 Å². The van der Waals surface area contributed by atoms with Crippen LogP contribution < -0.4 is 5.32 Å². The van der Waals surface area contributed by atoms with Crippen molar-refractivity contribution in [2.45, 2.75) is 18.9 Å². The molecule has 0 radical (unpaired) electrons. The van der Waals surface area contributed by atoms with Crippen molar-refractivity contribution in [1.82, 2.24) is 24.2 Å². The number of pyridine rings is 1. The quantitative estimate of drug-likeness (QED) is 0.331. The molecule has 0 aliphatic heterocycles. The minimum absolute atomic E-state index is 0.141. The lowest BCUT2D eigenvalue weighted by molar-refractivity contribution is 0.0716. The summed E-state index contributed by atoms with van der Waals surface area (Å²) < 4.78 is 3.98. The summed E-state index contributed by atoms with van der Waals surface area (Å²) in [7, 11) is 3.60. The van der Waals surface area contributed by atoms with Gasteiger partial charge in [0.2, 0.25) is 0 Å². The number of carbonyl (C=O) groups is 2. The first-order valence-corrected chi connectivity index (χ1v) is 12.1. The second-order valence-corrected chi connectivity index (χ2v) is 9.24. The summed E-state index contributed by atoms with van der Waals surface area (Å²) in [6.07, 6.45) is 3.06. The zero-order chi connectivity index (χ0) is 24.2. The summed E-state index contributed by atoms with van der Waals surface area (Å²) in [5.41, 5.74) is 2.58. The number of hydrogen-bond donors (Lipinski definition) is 1. The van der Waals surface area contributed by atoms with E-state index in [1.165, 1.54) is 0 Å². The maximum Gasteiger partial charge on any atom is 0.275 e. The number of aromatic nitrogens is 3. The molecule has 34 heavy (non-hydrogen) atoms. The maximum atomic E-state index is 13.5. The van der Waals surface area contributed by atoms with E-state index < -0.39 is 0 Å². The number of rotatable bonds is 8. The van der Waals surface area contributed by atoms with Gasteiger partial charge in [0.25, 0.3) is 11.8 Å². The maximum absolute atomic E-state index is 13.5. The molecule has 3 aromatic heterocycles. The Balaban J connectivity index is 1.53. The molecular weight excluding hydrogens is 518 g/mol. The number of nitrogens with one attached hydrogen (secondary N) is 1. The van der Waals surface area contributed by atoms with Crippen LogP contribution in [0.4, 0.5) is 0 Å². The molecule has 3 heterocycles. The summed E-state index contributed by atoms with van der Waals surface area (Å²) in [4.78, 5) is 32.2. The Kier molecular flexibility index (Phi) is 7.38. The van der Waals surface area contributed by atoms with Gasteiger partial charge >= 0.3 is 0 Å². The number of halogens is 2. The fourth-order valence-corrected chi connectivity index (χ4v) is 4.92. The van der Waals surface area contributed by atoms with Crippen LogP contribution >= 0.6 is 27.5 Å². The molecule has 1 atom stereocenters. The van der Waals surface area contributed by atoms with Gasteiger partial charge in [0.15, 0.2) is 5.69 Å². The van der Waals surface area contributed by atoms with Gasteiger partial charge in [-0.1, -0.05) is 48.0 Å². The van der Waals surface area contributed by atoms with Gasteiger partial charge in [-0.3, -0.25) is 14.0 Å². The Morgan fingerprint density at radius 1 is 1.12 bits per heavy atom. The topological polar surface area (TPSA) is 71.6 Å². The number of fused-ring (bicyclic) bond motifs is 1. The number of imidazole rings is 1. The van der Waals surface area contributed by atoms with Crippen LogP contribution in [0, 0.1) is 0 Å². The van der Waals surface area contributed by atoms with E-state index >= 15 is 0 Å². The average Bonchev–Trinajstić information content (AvgIpc) is 3.41. The Morgan fingerprint density at radius 2 is 1.88 bits per heavy atom. The van der Waals surface area contributed by atoms with Gasteiger partial charge in [-0.25, -0.2) is 4.98 Å². The monoisotopic (exact) mass is 541 g/mol. The van der Waals surface area contributed by atoms with Gasteiger partial charge < -0.3 is 14.8 Å². The van der Waals surface area contributed by atoms with Crippen molar-refractivity contribution < 1.29 is 9.59 Å². The summed E-state index contributed by atoms with van der Waals surface area (Å²) in [5, 5.41) is 3.43. The summed E-state index contributed by atoms with van der Waals surface area (Å²) in [6.45, 7) is 0.428. The molecule has 2 amide bonds. The highest BCUT2D eigenvalue weighted by Gasteiger charge is 2.27. The van der Waals surface area contributed by atoms with Crippen LogP contribution in [0.5, 0.6) is 0 Å². The molecule has 176 valence electrons. The van der Waals surface area contributed by atoms with Crippen molar-refractivity contribution in [2.75, 3.05) is 13.6 Å². The molecule has 0 aliphatic carbocycles. The molecule has 0 unspecified atom stereocenters. The Bertz CT molecular complexity index is 1320. The molecule has 9 heteroatoms. The summed E-state index contributed by atoms with van der Waals surface area (Å²) in [5.74, 6) is -0.362. The normalized spacial score (nSPS) is 12.0. The van der Waals surface area contributed by atoms with Crippen molar-refractivity contribution in [3.63, 3.8) is 0 Å². The predicted octanol–water partition coefficient (Wildman–Crippen LogP) is 4.59. The molecule has 4 rings (SSSR count). The first-order valence-electron chi connectivity index (χ1n) is 10.9. The van der Waals surface area contributed by atoms with Crippen LogP contribution in [0.15, 0.2) is 71.5 Å². The van der Waals surface area contributed by atoms with Gasteiger partial charge in [-0.2, -0.15) is 0 Å². The minimum Gasteiger partial charge on any atom is -0.351 e. The third kappa shape index (κ3) is 5.03. The van der Waals surface area contributed by atoms with E-state index in [0.717, 1.165) is 5.56 Å². The molecule has 1 aromatic carbocycles. The SMILES string of the molecule is CN(C(=O)c1nc2cccc(Cl)n2c1Br)[C@H](CCNC(=O)c1cccn1C)Cc1ccccc1. The molecule has 0 saturated carbocycles. The van der Waals surface area contributed by atoms with Crippen LogP contribution in [-0.2, 0) is 13.5 Å². The van der Waals surface area contributed by atoms with Gasteiger partial charge in [-0.15, -0.1) is 0 Å². The second kappa shape index (κ2) is 10.4. The average molecular weight is 543 g/mol. The smallest absolute Gasteiger partial charge is 0.275 e. The number of carbonyl (C=O) groups excluding carboxylic acids is 2. The Labute approximate surface area is 211 Å². The summed E-state index contributed by atoms with van der Waals surface area (Å²) >= 11 is 9.80. The molecule has 0 fully saturated rings. The Morgan fingerprint density at radius 3 is 2.56 bits per heavy atom. The number of likely N-dealkylation sites (N-methyl/N-ethyl adjacent to an activating group) is 1. The minimum atomic E-state index is -0.221. The molecule has 4 aromatic rings. The van der Waals surface area contributed by atoms with Gasteiger partial charge in [-0.05, 0) is 58.6 Å². The van der Waals surface area contributed by atoms with E-state index in [1.807, 2.05) is 49.6 Å². The van der Waals surface area contributed by atoms with E-state index in [0.29, 0.717) is 46.2 Å². The summed E-state index contributed by atoms with van der Waals surface area (Å²) in [6, 6.07) is 18.8. The van der Waals surface area contributed by atoms with Gasteiger partial charge in [0, 0.05) is 32.9 Å². The van der Waals surface area contributed by atoms with Crippen LogP contribution in [0.2, 0.25) is 5.15 Å². The van der Waals surface area contributed by atoms with Crippen molar-refractivity contribution >= 4 is 45.0 Å². The molecule has 0 saturated heterocycles. The predicted molar refractivity (Wildman–Crippen MR) is 136 cm³/mol. The van der Waals surface area contributed by atoms with Crippen LogP contribution in [0.1, 0.15) is 33.0 Å². The number of hydrogen-bond acceptors (Lipinski definition) is 3. The van der Waals surface area contributed by atoms with Crippen molar-refractivity contribution in [3.05, 3.63) is 93.6 Å². The zero-order valence-corrected chi connectivity index (χ0v) is 21.3.